The fourth-order valence-electron chi connectivity index (χ4n) is 3.84. The molecule has 6 heteroatoms. The molecule has 1 saturated heterocycles. The van der Waals surface area contributed by atoms with Crippen LogP contribution in [-0.4, -0.2) is 35.3 Å². The van der Waals surface area contributed by atoms with Gasteiger partial charge in [0.2, 0.25) is 0 Å². The van der Waals surface area contributed by atoms with Crippen molar-refractivity contribution in [3.05, 3.63) is 76.0 Å². The molecule has 150 valence electrons. The van der Waals surface area contributed by atoms with E-state index in [1.807, 2.05) is 48.9 Å². The summed E-state index contributed by atoms with van der Waals surface area (Å²) in [7, 11) is 0. The van der Waals surface area contributed by atoms with Crippen LogP contribution in [0, 0.1) is 19.8 Å². The number of benzene rings is 2. The third kappa shape index (κ3) is 4.22. The number of carbonyl (C=O) groups excluding carboxylic acids is 1. The van der Waals surface area contributed by atoms with Crippen molar-refractivity contribution in [3.8, 4) is 5.69 Å². The first kappa shape index (κ1) is 19.7. The number of carbonyl (C=O) groups is 1. The largest absolute Gasteiger partial charge is 0.371 e. The van der Waals surface area contributed by atoms with Crippen molar-refractivity contribution in [2.24, 2.45) is 5.92 Å². The molecule has 0 bridgehead atoms. The summed E-state index contributed by atoms with van der Waals surface area (Å²) in [6, 6.07) is 18.1. The molecule has 4 rings (SSSR count). The van der Waals surface area contributed by atoms with Crippen LogP contribution in [0.4, 0.5) is 5.69 Å². The van der Waals surface area contributed by atoms with Gasteiger partial charge in [-0.2, -0.15) is 5.10 Å². The lowest BCUT2D eigenvalue weighted by molar-refractivity contribution is 0.0948. The molecule has 1 atom stereocenters. The third-order valence-corrected chi connectivity index (χ3v) is 6.68. The topological polar surface area (TPSA) is 50.2 Å². The van der Waals surface area contributed by atoms with Gasteiger partial charge < -0.3 is 10.2 Å². The van der Waals surface area contributed by atoms with Crippen LogP contribution in [0.5, 0.6) is 0 Å². The second kappa shape index (κ2) is 8.41. The number of hydrogen-bond donors (Lipinski definition) is 1. The first-order valence-electron chi connectivity index (χ1n) is 9.93. The SMILES string of the molecule is Cc1nn(-c2ccc(C(=O)NCC3CCN(c4ccccc4)C3)cc2)c(C)c1Br. The Balaban J connectivity index is 1.34. The molecule has 1 aromatic heterocycles. The van der Waals surface area contributed by atoms with Gasteiger partial charge in [-0.25, -0.2) is 4.68 Å². The van der Waals surface area contributed by atoms with E-state index in [4.69, 9.17) is 0 Å². The minimum Gasteiger partial charge on any atom is -0.371 e. The third-order valence-electron chi connectivity index (χ3n) is 5.54. The fourth-order valence-corrected chi connectivity index (χ4v) is 4.09. The van der Waals surface area contributed by atoms with Crippen LogP contribution >= 0.6 is 15.9 Å². The van der Waals surface area contributed by atoms with Gasteiger partial charge in [-0.15, -0.1) is 0 Å². The Labute approximate surface area is 179 Å². The van der Waals surface area contributed by atoms with Gasteiger partial charge in [0.05, 0.1) is 21.5 Å². The Hall–Kier alpha value is -2.60. The van der Waals surface area contributed by atoms with Gasteiger partial charge >= 0.3 is 0 Å². The van der Waals surface area contributed by atoms with E-state index in [9.17, 15) is 4.79 Å². The minimum atomic E-state index is -0.0238. The summed E-state index contributed by atoms with van der Waals surface area (Å²) in [5.74, 6) is 0.453. The summed E-state index contributed by atoms with van der Waals surface area (Å²) < 4.78 is 2.90. The van der Waals surface area contributed by atoms with Gasteiger partial charge in [-0.3, -0.25) is 4.79 Å². The summed E-state index contributed by atoms with van der Waals surface area (Å²) in [5, 5.41) is 7.64. The smallest absolute Gasteiger partial charge is 0.251 e. The zero-order chi connectivity index (χ0) is 20.4. The average Bonchev–Trinajstić information content (AvgIpc) is 3.33. The number of anilines is 1. The Morgan fingerprint density at radius 3 is 2.48 bits per heavy atom. The zero-order valence-electron chi connectivity index (χ0n) is 16.7. The molecule has 29 heavy (non-hydrogen) atoms. The van der Waals surface area contributed by atoms with Gasteiger partial charge in [-0.05, 0) is 78.5 Å². The van der Waals surface area contributed by atoms with Crippen LogP contribution in [0.25, 0.3) is 5.69 Å². The van der Waals surface area contributed by atoms with Crippen molar-refractivity contribution in [3.63, 3.8) is 0 Å². The molecule has 1 fully saturated rings. The number of para-hydroxylation sites is 1. The Morgan fingerprint density at radius 1 is 1.10 bits per heavy atom. The first-order valence-corrected chi connectivity index (χ1v) is 10.7. The number of nitrogens with one attached hydrogen (secondary N) is 1. The van der Waals surface area contributed by atoms with E-state index in [2.05, 4.69) is 55.5 Å². The maximum absolute atomic E-state index is 12.6. The molecular formula is C23H25BrN4O. The van der Waals surface area contributed by atoms with Crippen molar-refractivity contribution in [2.75, 3.05) is 24.5 Å². The second-order valence-corrected chi connectivity index (χ2v) is 8.38. The zero-order valence-corrected chi connectivity index (χ0v) is 18.3. The molecule has 2 aromatic carbocycles. The highest BCUT2D eigenvalue weighted by molar-refractivity contribution is 9.10. The predicted molar refractivity (Wildman–Crippen MR) is 120 cm³/mol. The molecule has 1 amide bonds. The number of nitrogens with zero attached hydrogens (tertiary/aromatic N) is 3. The van der Waals surface area contributed by atoms with E-state index in [0.717, 1.165) is 41.1 Å². The van der Waals surface area contributed by atoms with Crippen molar-refractivity contribution in [1.29, 1.82) is 0 Å². The summed E-state index contributed by atoms with van der Waals surface area (Å²) >= 11 is 3.56. The lowest BCUT2D eigenvalue weighted by Crippen LogP contribution is -2.31. The molecular weight excluding hydrogens is 428 g/mol. The number of hydrogen-bond acceptors (Lipinski definition) is 3. The average molecular weight is 453 g/mol. The quantitative estimate of drug-likeness (QED) is 0.619. The molecule has 1 aliphatic heterocycles. The number of amides is 1. The predicted octanol–water partition coefficient (Wildman–Crippen LogP) is 4.51. The maximum Gasteiger partial charge on any atom is 0.251 e. The molecule has 1 unspecified atom stereocenters. The summed E-state index contributed by atoms with van der Waals surface area (Å²) in [6.45, 7) is 6.71. The standard InChI is InChI=1S/C23H25BrN4O/c1-16-22(24)17(2)28(26-16)21-10-8-19(9-11-21)23(29)25-14-18-12-13-27(15-18)20-6-4-3-5-7-20/h3-11,18H,12-15H2,1-2H3,(H,25,29). The van der Waals surface area contributed by atoms with Crippen LogP contribution in [0.15, 0.2) is 59.1 Å². The monoisotopic (exact) mass is 452 g/mol. The molecule has 0 aliphatic carbocycles. The van der Waals surface area contributed by atoms with Crippen molar-refractivity contribution in [1.82, 2.24) is 15.1 Å². The molecule has 2 heterocycles. The van der Waals surface area contributed by atoms with Crippen LogP contribution in [0.3, 0.4) is 0 Å². The van der Waals surface area contributed by atoms with Gasteiger partial charge in [0.25, 0.3) is 5.91 Å². The fraction of sp³-hybridized carbons (Fsp3) is 0.304. The van der Waals surface area contributed by atoms with Crippen LogP contribution in [0.1, 0.15) is 28.2 Å². The molecule has 3 aromatic rings. The number of halogens is 1. The first-order chi connectivity index (χ1) is 14.0. The Bertz CT molecular complexity index is 998. The molecule has 0 spiro atoms. The minimum absolute atomic E-state index is 0.0238. The van der Waals surface area contributed by atoms with Gasteiger partial charge in [0, 0.05) is 30.9 Å². The summed E-state index contributed by atoms with van der Waals surface area (Å²) in [5.41, 5.74) is 4.87. The van der Waals surface area contributed by atoms with E-state index in [0.29, 0.717) is 18.0 Å². The van der Waals surface area contributed by atoms with Gasteiger partial charge in [0.15, 0.2) is 0 Å². The van der Waals surface area contributed by atoms with E-state index < -0.39 is 0 Å². The molecule has 1 aliphatic rings. The molecule has 5 nitrogen and oxygen atoms in total. The van der Waals surface area contributed by atoms with E-state index >= 15 is 0 Å². The molecule has 1 N–H and O–H groups in total. The number of rotatable bonds is 5. The van der Waals surface area contributed by atoms with Crippen molar-refractivity contribution >= 4 is 27.5 Å². The Morgan fingerprint density at radius 2 is 1.83 bits per heavy atom. The van der Waals surface area contributed by atoms with Crippen LogP contribution < -0.4 is 10.2 Å². The number of aromatic nitrogens is 2. The van der Waals surface area contributed by atoms with Crippen LogP contribution in [-0.2, 0) is 0 Å². The lowest BCUT2D eigenvalue weighted by atomic mass is 10.1. The van der Waals surface area contributed by atoms with E-state index in [1.165, 1.54) is 5.69 Å². The van der Waals surface area contributed by atoms with Crippen molar-refractivity contribution in [2.45, 2.75) is 20.3 Å². The second-order valence-electron chi connectivity index (χ2n) is 7.59. The van der Waals surface area contributed by atoms with E-state index in [-0.39, 0.29) is 5.91 Å². The van der Waals surface area contributed by atoms with Crippen LogP contribution in [0.2, 0.25) is 0 Å². The Kier molecular flexibility index (Phi) is 5.72. The number of aryl methyl sites for hydroxylation is 1. The van der Waals surface area contributed by atoms with Gasteiger partial charge in [0.1, 0.15) is 0 Å². The molecule has 0 saturated carbocycles. The highest BCUT2D eigenvalue weighted by Crippen LogP contribution is 2.24. The highest BCUT2D eigenvalue weighted by atomic mass is 79.9. The molecule has 0 radical (unpaired) electrons. The summed E-state index contributed by atoms with van der Waals surface area (Å²) in [6.07, 6.45) is 1.10. The van der Waals surface area contributed by atoms with Gasteiger partial charge in [-0.1, -0.05) is 18.2 Å². The highest BCUT2D eigenvalue weighted by Gasteiger charge is 2.23. The summed E-state index contributed by atoms with van der Waals surface area (Å²) in [4.78, 5) is 15.0. The van der Waals surface area contributed by atoms with Crippen molar-refractivity contribution < 1.29 is 4.79 Å². The lowest BCUT2D eigenvalue weighted by Gasteiger charge is -2.18. The van der Waals surface area contributed by atoms with E-state index in [1.54, 1.807) is 0 Å². The normalized spacial score (nSPS) is 16.2. The maximum atomic E-state index is 12.6.